The van der Waals surface area contributed by atoms with Crippen molar-refractivity contribution in [2.75, 3.05) is 11.4 Å². The first kappa shape index (κ1) is 14.9. The van der Waals surface area contributed by atoms with Gasteiger partial charge in [-0.1, -0.05) is 13.8 Å². The van der Waals surface area contributed by atoms with Crippen molar-refractivity contribution in [3.8, 4) is 0 Å². The van der Waals surface area contributed by atoms with Gasteiger partial charge in [-0.25, -0.2) is 4.98 Å². The van der Waals surface area contributed by atoms with Gasteiger partial charge in [-0.3, -0.25) is 0 Å². The standard InChI is InChI=1S/C17H30N4/c1-4-9-21(16-10-14-7-8-15(11-16)18-14)17-19-13(5-2)12-20(17)6-3/h12,14-16,18H,4-11H2,1-3H3. The van der Waals surface area contributed by atoms with E-state index in [0.29, 0.717) is 6.04 Å². The van der Waals surface area contributed by atoms with Crippen LogP contribution in [0.5, 0.6) is 0 Å². The molecule has 118 valence electrons. The molecule has 3 heterocycles. The molecule has 1 aromatic rings. The van der Waals surface area contributed by atoms with Crippen LogP contribution < -0.4 is 10.2 Å². The van der Waals surface area contributed by atoms with Gasteiger partial charge in [0.05, 0.1) is 5.69 Å². The zero-order valence-electron chi connectivity index (χ0n) is 13.8. The Balaban J connectivity index is 1.85. The van der Waals surface area contributed by atoms with Crippen molar-refractivity contribution < 1.29 is 0 Å². The fraction of sp³-hybridized carbons (Fsp3) is 0.824. The second-order valence-corrected chi connectivity index (χ2v) is 6.63. The van der Waals surface area contributed by atoms with Crippen LogP contribution in [0.1, 0.15) is 58.6 Å². The second kappa shape index (κ2) is 6.39. The van der Waals surface area contributed by atoms with E-state index in [9.17, 15) is 0 Å². The van der Waals surface area contributed by atoms with Crippen LogP contribution in [0.3, 0.4) is 0 Å². The summed E-state index contributed by atoms with van der Waals surface area (Å²) in [6.07, 6.45) is 9.76. The maximum absolute atomic E-state index is 4.93. The summed E-state index contributed by atoms with van der Waals surface area (Å²) in [7, 11) is 0. The molecule has 4 nitrogen and oxygen atoms in total. The highest BCUT2D eigenvalue weighted by molar-refractivity contribution is 5.36. The van der Waals surface area contributed by atoms with Crippen LogP contribution in [0.2, 0.25) is 0 Å². The minimum atomic E-state index is 0.668. The van der Waals surface area contributed by atoms with E-state index in [-0.39, 0.29) is 0 Å². The van der Waals surface area contributed by atoms with Crippen LogP contribution in [-0.4, -0.2) is 34.2 Å². The lowest BCUT2D eigenvalue weighted by molar-refractivity contribution is 0.342. The minimum Gasteiger partial charge on any atom is -0.339 e. The lowest BCUT2D eigenvalue weighted by Crippen LogP contribution is -2.49. The Labute approximate surface area is 128 Å². The zero-order valence-corrected chi connectivity index (χ0v) is 13.8. The number of hydrogen-bond donors (Lipinski definition) is 1. The van der Waals surface area contributed by atoms with Crippen LogP contribution in [0.25, 0.3) is 0 Å². The van der Waals surface area contributed by atoms with Gasteiger partial charge in [0.15, 0.2) is 0 Å². The number of hydrogen-bond acceptors (Lipinski definition) is 3. The van der Waals surface area contributed by atoms with Gasteiger partial charge in [0, 0.05) is 37.4 Å². The van der Waals surface area contributed by atoms with E-state index in [1.807, 2.05) is 0 Å². The monoisotopic (exact) mass is 290 g/mol. The van der Waals surface area contributed by atoms with Gasteiger partial charge in [0.2, 0.25) is 5.95 Å². The molecule has 3 rings (SSSR count). The van der Waals surface area contributed by atoms with Crippen molar-refractivity contribution in [1.29, 1.82) is 0 Å². The number of piperidine rings is 1. The number of imidazole rings is 1. The van der Waals surface area contributed by atoms with Gasteiger partial charge >= 0.3 is 0 Å². The number of nitrogens with zero attached hydrogens (tertiary/aromatic N) is 3. The van der Waals surface area contributed by atoms with E-state index in [4.69, 9.17) is 4.98 Å². The maximum Gasteiger partial charge on any atom is 0.205 e. The van der Waals surface area contributed by atoms with Gasteiger partial charge < -0.3 is 14.8 Å². The lowest BCUT2D eigenvalue weighted by Gasteiger charge is -2.38. The second-order valence-electron chi connectivity index (χ2n) is 6.63. The molecule has 1 aromatic heterocycles. The number of nitrogens with one attached hydrogen (secondary N) is 1. The first-order valence-electron chi connectivity index (χ1n) is 8.83. The summed E-state index contributed by atoms with van der Waals surface area (Å²) in [4.78, 5) is 7.54. The smallest absolute Gasteiger partial charge is 0.205 e. The molecule has 2 aliphatic heterocycles. The van der Waals surface area contributed by atoms with Crippen molar-refractivity contribution in [3.05, 3.63) is 11.9 Å². The van der Waals surface area contributed by atoms with E-state index < -0.39 is 0 Å². The van der Waals surface area contributed by atoms with E-state index in [1.165, 1.54) is 43.7 Å². The first-order valence-corrected chi connectivity index (χ1v) is 8.83. The third-order valence-electron chi connectivity index (χ3n) is 5.12. The van der Waals surface area contributed by atoms with Crippen LogP contribution in [0.15, 0.2) is 6.20 Å². The molecule has 2 saturated heterocycles. The van der Waals surface area contributed by atoms with Crippen molar-refractivity contribution in [2.45, 2.75) is 84.0 Å². The van der Waals surface area contributed by atoms with E-state index in [0.717, 1.165) is 31.6 Å². The molecule has 4 heteroatoms. The number of anilines is 1. The van der Waals surface area contributed by atoms with Gasteiger partial charge in [0.1, 0.15) is 0 Å². The van der Waals surface area contributed by atoms with E-state index in [2.05, 4.69) is 41.8 Å². The fourth-order valence-corrected chi connectivity index (χ4v) is 4.06. The van der Waals surface area contributed by atoms with Crippen molar-refractivity contribution in [2.24, 2.45) is 0 Å². The van der Waals surface area contributed by atoms with Gasteiger partial charge in [-0.2, -0.15) is 0 Å². The summed E-state index contributed by atoms with van der Waals surface area (Å²) >= 11 is 0. The number of fused-ring (bicyclic) bond motifs is 2. The summed E-state index contributed by atoms with van der Waals surface area (Å²) in [5.41, 5.74) is 1.23. The summed E-state index contributed by atoms with van der Waals surface area (Å²) < 4.78 is 2.35. The summed E-state index contributed by atoms with van der Waals surface area (Å²) in [6.45, 7) is 8.84. The average molecular weight is 290 g/mol. The van der Waals surface area contributed by atoms with Gasteiger partial charge in [-0.05, 0) is 45.4 Å². The molecule has 0 aliphatic carbocycles. The topological polar surface area (TPSA) is 33.1 Å². The van der Waals surface area contributed by atoms with Crippen molar-refractivity contribution in [1.82, 2.24) is 14.9 Å². The third kappa shape index (κ3) is 2.96. The normalized spacial score (nSPS) is 28.0. The molecule has 0 spiro atoms. The predicted molar refractivity (Wildman–Crippen MR) is 87.9 cm³/mol. The molecule has 2 atom stereocenters. The minimum absolute atomic E-state index is 0.668. The Morgan fingerprint density at radius 1 is 1.24 bits per heavy atom. The summed E-state index contributed by atoms with van der Waals surface area (Å²) in [6, 6.07) is 2.15. The Bertz CT molecular complexity index is 455. The number of aryl methyl sites for hydroxylation is 2. The van der Waals surface area contributed by atoms with Crippen molar-refractivity contribution in [3.63, 3.8) is 0 Å². The highest BCUT2D eigenvalue weighted by atomic mass is 15.3. The van der Waals surface area contributed by atoms with Crippen LogP contribution in [-0.2, 0) is 13.0 Å². The molecule has 21 heavy (non-hydrogen) atoms. The van der Waals surface area contributed by atoms with Crippen LogP contribution in [0, 0.1) is 0 Å². The van der Waals surface area contributed by atoms with Gasteiger partial charge in [0.25, 0.3) is 0 Å². The maximum atomic E-state index is 4.93. The largest absolute Gasteiger partial charge is 0.339 e. The van der Waals surface area contributed by atoms with Crippen LogP contribution >= 0.6 is 0 Å². The van der Waals surface area contributed by atoms with E-state index in [1.54, 1.807) is 0 Å². The molecule has 0 saturated carbocycles. The molecule has 2 aliphatic rings. The number of aromatic nitrogens is 2. The Hall–Kier alpha value is -1.03. The zero-order chi connectivity index (χ0) is 14.8. The highest BCUT2D eigenvalue weighted by Crippen LogP contribution is 2.32. The fourth-order valence-electron chi connectivity index (χ4n) is 4.06. The lowest BCUT2D eigenvalue weighted by atomic mass is 9.98. The molecular weight excluding hydrogens is 260 g/mol. The summed E-state index contributed by atoms with van der Waals surface area (Å²) in [5.74, 6) is 1.21. The van der Waals surface area contributed by atoms with Gasteiger partial charge in [-0.15, -0.1) is 0 Å². The molecule has 0 radical (unpaired) electrons. The molecule has 2 unspecified atom stereocenters. The quantitative estimate of drug-likeness (QED) is 0.874. The summed E-state index contributed by atoms with van der Waals surface area (Å²) in [5, 5.41) is 3.76. The van der Waals surface area contributed by atoms with Crippen molar-refractivity contribution >= 4 is 5.95 Å². The molecule has 2 fully saturated rings. The molecule has 0 aromatic carbocycles. The Morgan fingerprint density at radius 3 is 2.52 bits per heavy atom. The SMILES string of the molecule is CCCN(c1nc(CC)cn1CC)C1CC2CCC(C1)N2. The molecule has 0 amide bonds. The molecule has 2 bridgehead atoms. The van der Waals surface area contributed by atoms with Crippen LogP contribution in [0.4, 0.5) is 5.95 Å². The number of rotatable bonds is 6. The predicted octanol–water partition coefficient (Wildman–Crippen LogP) is 2.96. The average Bonchev–Trinajstić information content (AvgIpc) is 3.07. The molecular formula is C17H30N4. The van der Waals surface area contributed by atoms with E-state index >= 15 is 0 Å². The molecule has 1 N–H and O–H groups in total. The first-order chi connectivity index (χ1) is 10.2. The Kier molecular flexibility index (Phi) is 4.53. The third-order valence-corrected chi connectivity index (χ3v) is 5.12. The Morgan fingerprint density at radius 2 is 1.95 bits per heavy atom. The highest BCUT2D eigenvalue weighted by Gasteiger charge is 2.37.